The summed E-state index contributed by atoms with van der Waals surface area (Å²) in [4.78, 5) is 76.3. The number of amides is 5. The number of aliphatic hydroxyl groups is 2. The lowest BCUT2D eigenvalue weighted by Gasteiger charge is -2.31. The van der Waals surface area contributed by atoms with Gasteiger partial charge in [-0.05, 0) is 55.8 Å². The van der Waals surface area contributed by atoms with E-state index in [9.17, 15) is 39.0 Å². The van der Waals surface area contributed by atoms with E-state index in [1.54, 1.807) is 27.7 Å². The predicted molar refractivity (Wildman–Crippen MR) is 191 cm³/mol. The van der Waals surface area contributed by atoms with Crippen molar-refractivity contribution in [3.05, 3.63) is 0 Å². The van der Waals surface area contributed by atoms with Crippen molar-refractivity contribution in [2.75, 3.05) is 0 Å². The molecule has 0 aliphatic rings. The van der Waals surface area contributed by atoms with E-state index < -0.39 is 84.9 Å². The van der Waals surface area contributed by atoms with Crippen LogP contribution in [0.15, 0.2) is 0 Å². The fraction of sp³-hybridized carbons (Fsp3) is 0.833. The van der Waals surface area contributed by atoms with Gasteiger partial charge >= 0.3 is 5.97 Å². The minimum Gasteiger partial charge on any atom is -0.481 e. The van der Waals surface area contributed by atoms with Gasteiger partial charge in [-0.1, -0.05) is 75.7 Å². The van der Waals surface area contributed by atoms with E-state index in [0.29, 0.717) is 31.6 Å². The van der Waals surface area contributed by atoms with Crippen molar-refractivity contribution < 1.29 is 44.1 Å². The van der Waals surface area contributed by atoms with Crippen molar-refractivity contribution in [1.82, 2.24) is 26.6 Å². The van der Waals surface area contributed by atoms with Crippen molar-refractivity contribution in [3.8, 4) is 0 Å². The van der Waals surface area contributed by atoms with Crippen molar-refractivity contribution in [1.29, 1.82) is 0 Å². The molecule has 0 radical (unpaired) electrons. The number of carboxylic acid groups (broad SMARTS) is 1. The number of aliphatic carboxylic acids is 1. The van der Waals surface area contributed by atoms with Crippen LogP contribution in [-0.2, 0) is 28.8 Å². The number of carbonyl (C=O) groups excluding carboxylic acids is 5. The molecule has 0 heterocycles. The smallest absolute Gasteiger partial charge is 0.306 e. The quantitative estimate of drug-likeness (QED) is 0.0734. The van der Waals surface area contributed by atoms with Crippen LogP contribution in [0.1, 0.15) is 121 Å². The largest absolute Gasteiger partial charge is 0.481 e. The normalized spacial score (nSPS) is 16.0. The number of carbonyl (C=O) groups is 6. The van der Waals surface area contributed by atoms with Crippen molar-refractivity contribution in [2.24, 2.45) is 29.6 Å². The van der Waals surface area contributed by atoms with Gasteiger partial charge in [0, 0.05) is 6.42 Å². The molecule has 14 heteroatoms. The van der Waals surface area contributed by atoms with E-state index in [4.69, 9.17) is 5.11 Å². The standard InChI is InChI=1S/C36H67N5O9/c1-19(2)13-12-14-29(44)40-32(22(7)8)36(50)41-33(23(9)10)35(49)39-25(15-20(3)4)27(42)17-30(45)37-24(11)34(48)38-26(16-21(5)6)28(43)18-31(46)47/h19-28,32-33,42-43H,12-18H2,1-11H3,(H,37,45)(H,38,48)(H,39,49)(H,40,44)(H,41,50)(H,46,47)/t24-,25-,26-,27-,28-,32-,33-/m0/s1. The zero-order valence-electron chi connectivity index (χ0n) is 32.2. The molecule has 0 aliphatic heterocycles. The third-order valence-electron chi connectivity index (χ3n) is 8.28. The summed E-state index contributed by atoms with van der Waals surface area (Å²) in [5.74, 6) is -3.85. The van der Waals surface area contributed by atoms with Gasteiger partial charge in [0.05, 0.1) is 37.1 Å². The van der Waals surface area contributed by atoms with E-state index >= 15 is 0 Å². The van der Waals surface area contributed by atoms with Crippen LogP contribution in [-0.4, -0.2) is 93.2 Å². The first-order valence-electron chi connectivity index (χ1n) is 18.1. The Hall–Kier alpha value is -3.26. The van der Waals surface area contributed by atoms with Crippen LogP contribution in [0.25, 0.3) is 0 Å². The topological polar surface area (TPSA) is 223 Å². The van der Waals surface area contributed by atoms with E-state index in [1.807, 2.05) is 27.7 Å². The van der Waals surface area contributed by atoms with Crippen LogP contribution >= 0.6 is 0 Å². The molecule has 0 bridgehead atoms. The highest BCUT2D eigenvalue weighted by molar-refractivity contribution is 5.92. The van der Waals surface area contributed by atoms with Gasteiger partial charge in [0.1, 0.15) is 18.1 Å². The number of aliphatic hydroxyl groups excluding tert-OH is 2. The molecule has 14 nitrogen and oxygen atoms in total. The van der Waals surface area contributed by atoms with E-state index in [0.717, 1.165) is 6.42 Å². The highest BCUT2D eigenvalue weighted by atomic mass is 16.4. The van der Waals surface area contributed by atoms with Gasteiger partial charge in [0.25, 0.3) is 0 Å². The second kappa shape index (κ2) is 23.3. The van der Waals surface area contributed by atoms with Crippen molar-refractivity contribution >= 4 is 35.5 Å². The summed E-state index contributed by atoms with van der Waals surface area (Å²) in [6.07, 6.45) is -1.13. The molecule has 0 spiro atoms. The Balaban J connectivity index is 5.58. The third kappa shape index (κ3) is 19.2. The molecular weight excluding hydrogens is 646 g/mol. The number of rotatable bonds is 24. The fourth-order valence-corrected chi connectivity index (χ4v) is 5.47. The Morgan fingerprint density at radius 2 is 0.960 bits per heavy atom. The average Bonchev–Trinajstić information content (AvgIpc) is 2.96. The van der Waals surface area contributed by atoms with Gasteiger partial charge in [-0.2, -0.15) is 0 Å². The van der Waals surface area contributed by atoms with Crippen LogP contribution < -0.4 is 26.6 Å². The number of hydrogen-bond donors (Lipinski definition) is 8. The first-order valence-corrected chi connectivity index (χ1v) is 18.1. The van der Waals surface area contributed by atoms with Gasteiger partial charge in [-0.3, -0.25) is 28.8 Å². The number of hydrogen-bond acceptors (Lipinski definition) is 8. The molecule has 0 fully saturated rings. The van der Waals surface area contributed by atoms with Crippen LogP contribution in [0, 0.1) is 29.6 Å². The zero-order chi connectivity index (χ0) is 38.9. The summed E-state index contributed by atoms with van der Waals surface area (Å²) in [6, 6.07) is -4.61. The molecule has 0 saturated heterocycles. The molecule has 0 aromatic rings. The fourth-order valence-electron chi connectivity index (χ4n) is 5.47. The summed E-state index contributed by atoms with van der Waals surface area (Å²) >= 11 is 0. The Labute approximate surface area is 299 Å². The van der Waals surface area contributed by atoms with E-state index in [1.165, 1.54) is 6.92 Å². The minimum absolute atomic E-state index is 0.0150. The molecule has 8 N–H and O–H groups in total. The monoisotopic (exact) mass is 713 g/mol. The summed E-state index contributed by atoms with van der Waals surface area (Å²) in [7, 11) is 0. The van der Waals surface area contributed by atoms with E-state index in [-0.39, 0.29) is 29.6 Å². The van der Waals surface area contributed by atoms with Gasteiger partial charge in [0.2, 0.25) is 29.5 Å². The van der Waals surface area contributed by atoms with Gasteiger partial charge in [-0.15, -0.1) is 0 Å². The summed E-state index contributed by atoms with van der Waals surface area (Å²) in [6.45, 7) is 20.2. The van der Waals surface area contributed by atoms with Crippen LogP contribution in [0.4, 0.5) is 0 Å². The Kier molecular flexibility index (Phi) is 21.7. The van der Waals surface area contributed by atoms with Crippen molar-refractivity contribution in [2.45, 2.75) is 164 Å². The predicted octanol–water partition coefficient (Wildman–Crippen LogP) is 2.25. The van der Waals surface area contributed by atoms with Crippen LogP contribution in [0.2, 0.25) is 0 Å². The summed E-state index contributed by atoms with van der Waals surface area (Å²) < 4.78 is 0. The van der Waals surface area contributed by atoms with Crippen molar-refractivity contribution in [3.63, 3.8) is 0 Å². The lowest BCUT2D eigenvalue weighted by Crippen LogP contribution is -2.59. The molecule has 7 atom stereocenters. The second-order valence-corrected chi connectivity index (χ2v) is 15.5. The Morgan fingerprint density at radius 3 is 1.40 bits per heavy atom. The SMILES string of the molecule is CC(C)CCCC(=O)N[C@H](C(=O)N[C@H](C(=O)N[C@@H](CC(C)C)[C@@H](O)CC(=O)N[C@@H](C)C(=O)N[C@@H](CC(C)C)[C@@H](O)CC(=O)O)C(C)C)C(C)C. The average molecular weight is 714 g/mol. The highest BCUT2D eigenvalue weighted by Gasteiger charge is 2.34. The van der Waals surface area contributed by atoms with Gasteiger partial charge in [-0.25, -0.2) is 0 Å². The molecule has 0 saturated carbocycles. The van der Waals surface area contributed by atoms with Crippen LogP contribution in [0.3, 0.4) is 0 Å². The number of carboxylic acids is 1. The maximum atomic E-state index is 13.6. The summed E-state index contributed by atoms with van der Waals surface area (Å²) in [5, 5.41) is 44.0. The van der Waals surface area contributed by atoms with Gasteiger partial charge < -0.3 is 41.9 Å². The number of nitrogens with one attached hydrogen (secondary N) is 5. The molecule has 0 unspecified atom stereocenters. The van der Waals surface area contributed by atoms with Gasteiger partial charge in [0.15, 0.2) is 0 Å². The molecule has 290 valence electrons. The molecular formula is C36H67N5O9. The lowest BCUT2D eigenvalue weighted by molar-refractivity contribution is -0.140. The summed E-state index contributed by atoms with van der Waals surface area (Å²) in [5.41, 5.74) is 0. The Morgan fingerprint density at radius 1 is 0.520 bits per heavy atom. The maximum Gasteiger partial charge on any atom is 0.306 e. The minimum atomic E-state index is -1.33. The van der Waals surface area contributed by atoms with Crippen LogP contribution in [0.5, 0.6) is 0 Å². The zero-order valence-corrected chi connectivity index (χ0v) is 32.2. The Bertz CT molecular complexity index is 1100. The molecule has 0 aromatic carbocycles. The molecule has 0 aliphatic carbocycles. The molecule has 0 rings (SSSR count). The molecule has 0 aromatic heterocycles. The first kappa shape index (κ1) is 46.7. The molecule has 5 amide bonds. The first-order chi connectivity index (χ1) is 23.0. The highest BCUT2D eigenvalue weighted by Crippen LogP contribution is 2.15. The second-order valence-electron chi connectivity index (χ2n) is 15.5. The maximum absolute atomic E-state index is 13.6. The third-order valence-corrected chi connectivity index (χ3v) is 8.28. The molecule has 50 heavy (non-hydrogen) atoms. The van der Waals surface area contributed by atoms with E-state index in [2.05, 4.69) is 40.4 Å². The lowest BCUT2D eigenvalue weighted by atomic mass is 9.95.